The van der Waals surface area contributed by atoms with E-state index < -0.39 is 0 Å². The Hall–Kier alpha value is -2.65. The number of thioether (sulfide) groups is 1. The van der Waals surface area contributed by atoms with Crippen molar-refractivity contribution in [2.45, 2.75) is 57.5 Å². The fraction of sp³-hybridized carbons (Fsp3) is 0.417. The summed E-state index contributed by atoms with van der Waals surface area (Å²) in [6, 6.07) is 5.72. The van der Waals surface area contributed by atoms with Gasteiger partial charge in [-0.15, -0.1) is 21.5 Å². The highest BCUT2D eigenvalue weighted by Gasteiger charge is 2.24. The molecule has 7 nitrogen and oxygen atoms in total. The minimum absolute atomic E-state index is 0.117. The lowest BCUT2D eigenvalue weighted by atomic mass is 9.97. The molecule has 3 aromatic heterocycles. The molecule has 9 heteroatoms. The van der Waals surface area contributed by atoms with Crippen molar-refractivity contribution in [2.24, 2.45) is 0 Å². The zero-order chi connectivity index (χ0) is 23.1. The zero-order valence-electron chi connectivity index (χ0n) is 19.3. The maximum atomic E-state index is 12.7. The van der Waals surface area contributed by atoms with Crippen LogP contribution in [0.3, 0.4) is 0 Å². The number of fused-ring (bicyclic) bond motifs is 5. The number of hydrogen-bond acceptors (Lipinski definition) is 7. The quantitative estimate of drug-likeness (QED) is 0.372. The van der Waals surface area contributed by atoms with Crippen LogP contribution in [0.5, 0.6) is 5.75 Å². The molecule has 0 atom stereocenters. The predicted octanol–water partition coefficient (Wildman–Crippen LogP) is 5.39. The smallest absolute Gasteiger partial charge is 0.234 e. The average Bonchev–Trinajstić information content (AvgIpc) is 3.38. The number of thiophene rings is 1. The lowest BCUT2D eigenvalue weighted by molar-refractivity contribution is -0.113. The van der Waals surface area contributed by atoms with Gasteiger partial charge in [-0.2, -0.15) is 0 Å². The summed E-state index contributed by atoms with van der Waals surface area (Å²) in [6.07, 6.45) is 4.64. The van der Waals surface area contributed by atoms with Gasteiger partial charge in [0.05, 0.1) is 23.9 Å². The van der Waals surface area contributed by atoms with Crippen molar-refractivity contribution in [3.05, 3.63) is 40.0 Å². The van der Waals surface area contributed by atoms with E-state index in [2.05, 4.69) is 33.8 Å². The highest BCUT2D eigenvalue weighted by molar-refractivity contribution is 7.99. The van der Waals surface area contributed by atoms with Crippen LogP contribution >= 0.6 is 23.1 Å². The van der Waals surface area contributed by atoms with Crippen LogP contribution in [0.2, 0.25) is 0 Å². The molecule has 0 bridgehead atoms. The summed E-state index contributed by atoms with van der Waals surface area (Å²) in [6.45, 7) is 6.25. The fourth-order valence-electron chi connectivity index (χ4n) is 4.37. The van der Waals surface area contributed by atoms with E-state index in [9.17, 15) is 4.79 Å². The van der Waals surface area contributed by atoms with Crippen molar-refractivity contribution in [1.82, 2.24) is 19.6 Å². The third-order valence-electron chi connectivity index (χ3n) is 5.93. The van der Waals surface area contributed by atoms with Crippen LogP contribution < -0.4 is 10.1 Å². The normalized spacial score (nSPS) is 13.6. The zero-order valence-corrected chi connectivity index (χ0v) is 20.9. The lowest BCUT2D eigenvalue weighted by Crippen LogP contribution is -2.15. The number of rotatable bonds is 6. The van der Waals surface area contributed by atoms with Crippen molar-refractivity contribution >= 4 is 50.6 Å². The summed E-state index contributed by atoms with van der Waals surface area (Å²) >= 11 is 3.19. The number of carbonyl (C=O) groups excluding carboxylic acids is 1. The third-order valence-corrected chi connectivity index (χ3v) is 8.05. The predicted molar refractivity (Wildman–Crippen MR) is 134 cm³/mol. The van der Waals surface area contributed by atoms with Gasteiger partial charge >= 0.3 is 0 Å². The number of aryl methyl sites for hydroxylation is 3. The Balaban J connectivity index is 1.46. The van der Waals surface area contributed by atoms with Crippen molar-refractivity contribution in [3.8, 4) is 5.75 Å². The standard InChI is InChI=1S/C24H27N5O2S2/c1-13(2)21-26-23-20(15-7-5-6-8-18(15)33-23)22-27-28-24(29(21)22)32-12-19(30)25-16-11-14(3)9-10-17(16)31-4/h9-11,13H,5-8,12H2,1-4H3,(H,25,30). The van der Waals surface area contributed by atoms with Crippen LogP contribution in [0.25, 0.3) is 15.9 Å². The van der Waals surface area contributed by atoms with Crippen molar-refractivity contribution in [2.75, 3.05) is 18.2 Å². The van der Waals surface area contributed by atoms with E-state index in [1.807, 2.05) is 25.1 Å². The summed E-state index contributed by atoms with van der Waals surface area (Å²) in [5.41, 5.74) is 3.98. The van der Waals surface area contributed by atoms with Crippen LogP contribution in [0.4, 0.5) is 5.69 Å². The first-order valence-corrected chi connectivity index (χ1v) is 13.0. The van der Waals surface area contributed by atoms with Crippen LogP contribution in [0, 0.1) is 6.92 Å². The van der Waals surface area contributed by atoms with Gasteiger partial charge in [0.25, 0.3) is 0 Å². The molecule has 1 aliphatic carbocycles. The Bertz CT molecular complexity index is 1360. The van der Waals surface area contributed by atoms with E-state index in [1.165, 1.54) is 35.0 Å². The van der Waals surface area contributed by atoms with Gasteiger partial charge in [-0.1, -0.05) is 31.7 Å². The number of hydrogen-bond donors (Lipinski definition) is 1. The molecule has 0 saturated heterocycles. The molecule has 5 rings (SSSR count). The molecule has 33 heavy (non-hydrogen) atoms. The Morgan fingerprint density at radius 1 is 1.27 bits per heavy atom. The molecule has 0 unspecified atom stereocenters. The summed E-state index contributed by atoms with van der Waals surface area (Å²) in [4.78, 5) is 20.3. The molecule has 1 amide bonds. The highest BCUT2D eigenvalue weighted by Crippen LogP contribution is 2.39. The molecule has 1 aliphatic rings. The number of benzene rings is 1. The Labute approximate surface area is 201 Å². The first-order chi connectivity index (χ1) is 16.0. The van der Waals surface area contributed by atoms with Gasteiger partial charge in [-0.25, -0.2) is 4.98 Å². The Morgan fingerprint density at radius 2 is 2.09 bits per heavy atom. The highest BCUT2D eigenvalue weighted by atomic mass is 32.2. The van der Waals surface area contributed by atoms with E-state index in [0.29, 0.717) is 16.6 Å². The first-order valence-electron chi connectivity index (χ1n) is 11.2. The summed E-state index contributed by atoms with van der Waals surface area (Å²) in [5, 5.41) is 13.9. The third kappa shape index (κ3) is 4.08. The second kappa shape index (κ2) is 8.95. The van der Waals surface area contributed by atoms with Gasteiger partial charge in [0.2, 0.25) is 5.91 Å². The second-order valence-corrected chi connectivity index (χ2v) is 10.7. The number of carbonyl (C=O) groups is 1. The van der Waals surface area contributed by atoms with Crippen LogP contribution in [-0.2, 0) is 17.6 Å². The van der Waals surface area contributed by atoms with Gasteiger partial charge in [0.15, 0.2) is 10.8 Å². The first kappa shape index (κ1) is 22.2. The number of methoxy groups -OCH3 is 1. The Kier molecular flexibility index (Phi) is 6.01. The number of nitrogens with one attached hydrogen (secondary N) is 1. The molecule has 0 radical (unpaired) electrons. The summed E-state index contributed by atoms with van der Waals surface area (Å²) in [5.74, 6) is 1.88. The maximum Gasteiger partial charge on any atom is 0.234 e. The van der Waals surface area contributed by atoms with E-state index in [-0.39, 0.29) is 17.6 Å². The molecular formula is C24H27N5O2S2. The van der Waals surface area contributed by atoms with Gasteiger partial charge in [-0.3, -0.25) is 9.20 Å². The van der Waals surface area contributed by atoms with Gasteiger partial charge < -0.3 is 10.1 Å². The summed E-state index contributed by atoms with van der Waals surface area (Å²) in [7, 11) is 1.60. The molecule has 0 aliphatic heterocycles. The lowest BCUT2D eigenvalue weighted by Gasteiger charge is -2.13. The average molecular weight is 482 g/mol. The van der Waals surface area contributed by atoms with Crippen molar-refractivity contribution in [3.63, 3.8) is 0 Å². The monoisotopic (exact) mass is 481 g/mol. The SMILES string of the molecule is COc1ccc(C)cc1NC(=O)CSc1nnc2c3c4c(sc3nc(C(C)C)n12)CCCC4. The molecular weight excluding hydrogens is 454 g/mol. The van der Waals surface area contributed by atoms with Crippen LogP contribution in [-0.4, -0.2) is 38.4 Å². The van der Waals surface area contributed by atoms with E-state index in [0.717, 1.165) is 40.1 Å². The molecule has 3 heterocycles. The molecule has 172 valence electrons. The van der Waals surface area contributed by atoms with Crippen LogP contribution in [0.1, 0.15) is 54.4 Å². The minimum atomic E-state index is -0.117. The van der Waals surface area contributed by atoms with Crippen molar-refractivity contribution in [1.29, 1.82) is 0 Å². The number of anilines is 1. The fourth-order valence-corrected chi connectivity index (χ4v) is 6.37. The second-order valence-electron chi connectivity index (χ2n) is 8.70. The van der Waals surface area contributed by atoms with Gasteiger partial charge in [0.1, 0.15) is 16.4 Å². The Morgan fingerprint density at radius 3 is 2.88 bits per heavy atom. The topological polar surface area (TPSA) is 81.4 Å². The maximum absolute atomic E-state index is 12.7. The number of nitrogens with zero attached hydrogens (tertiary/aromatic N) is 4. The van der Waals surface area contributed by atoms with Gasteiger partial charge in [0, 0.05) is 10.8 Å². The van der Waals surface area contributed by atoms with E-state index in [4.69, 9.17) is 9.72 Å². The molecule has 0 fully saturated rings. The van der Waals surface area contributed by atoms with E-state index in [1.54, 1.807) is 18.4 Å². The number of ether oxygens (including phenoxy) is 1. The van der Waals surface area contributed by atoms with Crippen LogP contribution in [0.15, 0.2) is 23.4 Å². The molecule has 1 aromatic carbocycles. The molecule has 0 spiro atoms. The largest absolute Gasteiger partial charge is 0.495 e. The molecule has 0 saturated carbocycles. The van der Waals surface area contributed by atoms with E-state index >= 15 is 0 Å². The molecule has 4 aromatic rings. The molecule has 1 N–H and O–H groups in total. The van der Waals surface area contributed by atoms with Crippen molar-refractivity contribution < 1.29 is 9.53 Å². The minimum Gasteiger partial charge on any atom is -0.495 e. The number of amides is 1. The van der Waals surface area contributed by atoms with Gasteiger partial charge in [-0.05, 0) is 55.9 Å². The number of aromatic nitrogens is 4. The summed E-state index contributed by atoms with van der Waals surface area (Å²) < 4.78 is 7.43.